The van der Waals surface area contributed by atoms with E-state index in [1.165, 1.54) is 6.07 Å². The molecule has 0 atom stereocenters. The van der Waals surface area contributed by atoms with Gasteiger partial charge < -0.3 is 28.6 Å². The van der Waals surface area contributed by atoms with Crippen molar-refractivity contribution in [1.29, 1.82) is 0 Å². The maximum atomic E-state index is 14.4. The number of ether oxygens (including phenoxy) is 3. The predicted molar refractivity (Wildman–Crippen MR) is 233 cm³/mol. The topological polar surface area (TPSA) is 91.1 Å². The van der Waals surface area contributed by atoms with Gasteiger partial charge in [0, 0.05) is 51.3 Å². The zero-order chi connectivity index (χ0) is 40.7. The normalized spacial score (nSPS) is 11.6. The van der Waals surface area contributed by atoms with Crippen molar-refractivity contribution < 1.29 is 19.0 Å². The summed E-state index contributed by atoms with van der Waals surface area (Å²) in [5, 5.41) is 0. The SMILES string of the molecule is COc1ccc(CN(Cc2ccc(OC)cc2)c2nc3cc(Cn4c(C(=O)N(c5ccccc5)C(C)C)cccc4=O)n(COCC[Si](C)(C)C)c3cc2C)cc1. The third-order valence-corrected chi connectivity index (χ3v) is 11.8. The molecule has 298 valence electrons. The van der Waals surface area contributed by atoms with Gasteiger partial charge in [0.1, 0.15) is 29.7 Å². The quantitative estimate of drug-likeness (QED) is 0.0673. The number of para-hydroxylation sites is 1. The number of benzene rings is 3. The first-order valence-corrected chi connectivity index (χ1v) is 23.2. The summed E-state index contributed by atoms with van der Waals surface area (Å²) in [4.78, 5) is 37.4. The van der Waals surface area contributed by atoms with E-state index in [-0.39, 0.29) is 30.8 Å². The predicted octanol–water partition coefficient (Wildman–Crippen LogP) is 9.15. The van der Waals surface area contributed by atoms with Gasteiger partial charge in [-0.15, -0.1) is 0 Å². The van der Waals surface area contributed by atoms with E-state index < -0.39 is 8.07 Å². The van der Waals surface area contributed by atoms with Crippen LogP contribution in [-0.2, 0) is 31.1 Å². The number of amides is 1. The van der Waals surface area contributed by atoms with Crippen LogP contribution in [0, 0.1) is 6.92 Å². The van der Waals surface area contributed by atoms with Crippen molar-refractivity contribution in [2.45, 2.75) is 78.9 Å². The summed E-state index contributed by atoms with van der Waals surface area (Å²) in [5.41, 5.74) is 6.55. The molecule has 1 amide bonds. The zero-order valence-electron chi connectivity index (χ0n) is 34.5. The lowest BCUT2D eigenvalue weighted by molar-refractivity contribution is 0.0881. The smallest absolute Gasteiger partial charge is 0.275 e. The van der Waals surface area contributed by atoms with E-state index in [0.29, 0.717) is 25.4 Å². The first-order chi connectivity index (χ1) is 27.3. The lowest BCUT2D eigenvalue weighted by atomic mass is 10.1. The summed E-state index contributed by atoms with van der Waals surface area (Å²) in [5.74, 6) is 2.21. The Morgan fingerprint density at radius 3 is 1.96 bits per heavy atom. The molecule has 0 unspecified atom stereocenters. The average Bonchev–Trinajstić information content (AvgIpc) is 3.52. The summed E-state index contributed by atoms with van der Waals surface area (Å²) in [6, 6.07) is 35.8. The molecule has 0 aliphatic rings. The Balaban J connectivity index is 1.43. The maximum absolute atomic E-state index is 14.4. The van der Waals surface area contributed by atoms with Gasteiger partial charge in [0.15, 0.2) is 0 Å². The number of rotatable bonds is 17. The Morgan fingerprint density at radius 2 is 1.40 bits per heavy atom. The van der Waals surface area contributed by atoms with Crippen LogP contribution in [0.3, 0.4) is 0 Å². The van der Waals surface area contributed by atoms with E-state index in [1.54, 1.807) is 35.8 Å². The molecule has 10 nitrogen and oxygen atoms in total. The van der Waals surface area contributed by atoms with Gasteiger partial charge in [0.05, 0.1) is 31.8 Å². The van der Waals surface area contributed by atoms with E-state index >= 15 is 0 Å². The third-order valence-electron chi connectivity index (χ3n) is 10.1. The monoisotopic (exact) mass is 785 g/mol. The molecule has 0 fully saturated rings. The molecule has 3 aromatic carbocycles. The lowest BCUT2D eigenvalue weighted by Gasteiger charge is -2.28. The largest absolute Gasteiger partial charge is 0.497 e. The number of aromatic nitrogens is 3. The maximum Gasteiger partial charge on any atom is 0.275 e. The summed E-state index contributed by atoms with van der Waals surface area (Å²) in [7, 11) is 2.00. The van der Waals surface area contributed by atoms with Crippen molar-refractivity contribution in [3.8, 4) is 11.5 Å². The average molecular weight is 786 g/mol. The molecule has 0 saturated heterocycles. The van der Waals surface area contributed by atoms with Gasteiger partial charge in [-0.05, 0) is 98.1 Å². The minimum absolute atomic E-state index is 0.140. The standard InChI is InChI=1S/C46H55N5O5Si/c1-33(2)51(37-13-10-9-11-14-37)46(53)42-15-12-16-44(52)49(42)31-38-28-41-43(50(38)32-56-25-26-57(6,7)8)27-34(3)45(47-41)48(29-35-17-21-39(54-4)22-18-35)30-36-19-23-40(55-5)24-20-36/h9-24,27-28,33H,25-26,29-32H2,1-8H3. The van der Waals surface area contributed by atoms with Gasteiger partial charge in [0.25, 0.3) is 11.5 Å². The molecule has 0 N–H and O–H groups in total. The number of carbonyl (C=O) groups is 1. The molecule has 57 heavy (non-hydrogen) atoms. The number of hydrogen-bond acceptors (Lipinski definition) is 7. The number of pyridine rings is 2. The highest BCUT2D eigenvalue weighted by Crippen LogP contribution is 2.30. The highest BCUT2D eigenvalue weighted by Gasteiger charge is 2.25. The molecule has 0 bridgehead atoms. The molecule has 0 spiro atoms. The molecule has 0 aliphatic carbocycles. The number of carbonyl (C=O) groups excluding carboxylic acids is 1. The second-order valence-electron chi connectivity index (χ2n) is 15.9. The molecule has 0 radical (unpaired) electrons. The summed E-state index contributed by atoms with van der Waals surface area (Å²) >= 11 is 0. The number of fused-ring (bicyclic) bond motifs is 1. The molecule has 0 saturated carbocycles. The Bertz CT molecular complexity index is 2280. The minimum Gasteiger partial charge on any atom is -0.497 e. The molecule has 0 aliphatic heterocycles. The first kappa shape index (κ1) is 41.0. The fraction of sp³-hybridized carbons (Fsp3) is 0.326. The molecule has 6 aromatic rings. The van der Waals surface area contributed by atoms with Crippen molar-refractivity contribution in [2.24, 2.45) is 0 Å². The molecule has 3 heterocycles. The van der Waals surface area contributed by atoms with Crippen LogP contribution in [-0.4, -0.2) is 55.0 Å². The second kappa shape index (κ2) is 18.1. The van der Waals surface area contributed by atoms with Crippen LogP contribution in [0.2, 0.25) is 25.7 Å². The highest BCUT2D eigenvalue weighted by atomic mass is 28.3. The first-order valence-electron chi connectivity index (χ1n) is 19.5. The van der Waals surface area contributed by atoms with Crippen LogP contribution in [0.15, 0.2) is 114 Å². The number of methoxy groups -OCH3 is 2. The Labute approximate surface area is 337 Å². The van der Waals surface area contributed by atoms with E-state index in [1.807, 2.05) is 74.5 Å². The molecule has 3 aromatic heterocycles. The van der Waals surface area contributed by atoms with E-state index in [9.17, 15) is 9.59 Å². The van der Waals surface area contributed by atoms with Crippen LogP contribution in [0.5, 0.6) is 11.5 Å². The van der Waals surface area contributed by atoms with Gasteiger partial charge in [-0.3, -0.25) is 14.2 Å². The van der Waals surface area contributed by atoms with Crippen molar-refractivity contribution in [1.82, 2.24) is 14.1 Å². The number of aryl methyl sites for hydroxylation is 1. The van der Waals surface area contributed by atoms with Crippen LogP contribution in [0.25, 0.3) is 11.0 Å². The number of hydrogen-bond donors (Lipinski definition) is 0. The third kappa shape index (κ3) is 10.0. The van der Waals surface area contributed by atoms with Crippen molar-refractivity contribution in [3.63, 3.8) is 0 Å². The number of nitrogens with zero attached hydrogens (tertiary/aromatic N) is 5. The van der Waals surface area contributed by atoms with Gasteiger partial charge in [-0.2, -0.15) is 0 Å². The fourth-order valence-electron chi connectivity index (χ4n) is 6.96. The Morgan fingerprint density at radius 1 is 0.789 bits per heavy atom. The van der Waals surface area contributed by atoms with E-state index in [0.717, 1.165) is 62.5 Å². The minimum atomic E-state index is -1.34. The van der Waals surface area contributed by atoms with Gasteiger partial charge >= 0.3 is 0 Å². The van der Waals surface area contributed by atoms with Crippen LogP contribution in [0.4, 0.5) is 11.5 Å². The summed E-state index contributed by atoms with van der Waals surface area (Å²) < 4.78 is 20.9. The molecule has 6 rings (SSSR count). The van der Waals surface area contributed by atoms with Crippen molar-refractivity contribution in [3.05, 3.63) is 148 Å². The second-order valence-corrected chi connectivity index (χ2v) is 21.6. The van der Waals surface area contributed by atoms with Gasteiger partial charge in [-0.25, -0.2) is 4.98 Å². The number of anilines is 2. The van der Waals surface area contributed by atoms with E-state index in [2.05, 4.69) is 66.4 Å². The molecule has 11 heteroatoms. The van der Waals surface area contributed by atoms with Crippen LogP contribution in [0.1, 0.15) is 46.7 Å². The van der Waals surface area contributed by atoms with Gasteiger partial charge in [-0.1, -0.05) is 68.2 Å². The molecular formula is C46H55N5O5Si. The van der Waals surface area contributed by atoms with Gasteiger partial charge in [0.2, 0.25) is 0 Å². The lowest BCUT2D eigenvalue weighted by Crippen LogP contribution is -2.40. The fourth-order valence-corrected chi connectivity index (χ4v) is 7.71. The van der Waals surface area contributed by atoms with Crippen molar-refractivity contribution >= 4 is 36.5 Å². The van der Waals surface area contributed by atoms with Crippen LogP contribution >= 0.6 is 0 Å². The zero-order valence-corrected chi connectivity index (χ0v) is 35.5. The van der Waals surface area contributed by atoms with E-state index in [4.69, 9.17) is 19.2 Å². The summed E-state index contributed by atoms with van der Waals surface area (Å²) in [6.45, 7) is 15.3. The summed E-state index contributed by atoms with van der Waals surface area (Å²) in [6.07, 6.45) is 0. The highest BCUT2D eigenvalue weighted by molar-refractivity contribution is 6.76. The Hall–Kier alpha value is -5.65. The molecular weight excluding hydrogens is 731 g/mol. The van der Waals surface area contributed by atoms with Crippen LogP contribution < -0.4 is 24.8 Å². The Kier molecular flexibility index (Phi) is 13.0. The van der Waals surface area contributed by atoms with Crippen molar-refractivity contribution in [2.75, 3.05) is 30.6 Å².